The lowest BCUT2D eigenvalue weighted by atomic mass is 10.2. The highest BCUT2D eigenvalue weighted by atomic mass is 16.2. The summed E-state index contributed by atoms with van der Waals surface area (Å²) in [5.41, 5.74) is 0. The minimum absolute atomic E-state index is 0.280. The predicted octanol–water partition coefficient (Wildman–Crippen LogP) is 1.16. The first-order valence-electron chi connectivity index (χ1n) is 5.34. The van der Waals surface area contributed by atoms with E-state index in [1.165, 1.54) is 12.8 Å². The molecule has 0 atom stereocenters. The minimum Gasteiger partial charge on any atom is -0.336 e. The Morgan fingerprint density at radius 3 is 2.86 bits per heavy atom. The third kappa shape index (κ3) is 3.50. The van der Waals surface area contributed by atoms with Gasteiger partial charge in [-0.15, -0.1) is 6.58 Å². The van der Waals surface area contributed by atoms with Crippen LogP contribution in [0.25, 0.3) is 0 Å². The van der Waals surface area contributed by atoms with E-state index < -0.39 is 0 Å². The molecule has 1 rings (SSSR count). The largest absolute Gasteiger partial charge is 0.336 e. The second kappa shape index (κ2) is 5.81. The zero-order valence-corrected chi connectivity index (χ0v) is 8.96. The molecule has 80 valence electrons. The molecule has 0 saturated heterocycles. The fourth-order valence-corrected chi connectivity index (χ4v) is 1.54. The molecule has 3 nitrogen and oxygen atoms in total. The van der Waals surface area contributed by atoms with Gasteiger partial charge in [0.15, 0.2) is 0 Å². The van der Waals surface area contributed by atoms with Gasteiger partial charge in [-0.25, -0.2) is 0 Å². The number of rotatable bonds is 7. The molecule has 1 saturated carbocycles. The normalized spacial score (nSPS) is 15.2. The number of carbonyl (C=O) groups excluding carboxylic acids is 1. The van der Waals surface area contributed by atoms with E-state index in [2.05, 4.69) is 11.9 Å². The third-order valence-electron chi connectivity index (χ3n) is 2.45. The summed E-state index contributed by atoms with van der Waals surface area (Å²) < 4.78 is 0. The summed E-state index contributed by atoms with van der Waals surface area (Å²) >= 11 is 0. The molecular formula is C11H20N2O. The minimum atomic E-state index is 0.280. The predicted molar refractivity (Wildman–Crippen MR) is 58.1 cm³/mol. The molecule has 0 aliphatic heterocycles. The quantitative estimate of drug-likeness (QED) is 0.489. The molecule has 1 aliphatic rings. The first-order chi connectivity index (χ1) is 6.79. The lowest BCUT2D eigenvalue weighted by Crippen LogP contribution is -2.33. The van der Waals surface area contributed by atoms with Gasteiger partial charge in [0.1, 0.15) is 0 Å². The average molecular weight is 196 g/mol. The molecular weight excluding hydrogens is 176 g/mol. The zero-order valence-electron chi connectivity index (χ0n) is 8.96. The number of hydrogen-bond acceptors (Lipinski definition) is 2. The van der Waals surface area contributed by atoms with E-state index in [0.717, 1.165) is 13.0 Å². The molecule has 1 N–H and O–H groups in total. The maximum absolute atomic E-state index is 11.7. The van der Waals surface area contributed by atoms with E-state index in [4.69, 9.17) is 0 Å². The standard InChI is InChI=1S/C11H20N2O/c1-3-9-13(10-6-7-10)11(14)5-4-8-12-2/h3,10,12H,1,4-9H2,2H3. The zero-order chi connectivity index (χ0) is 10.4. The van der Waals surface area contributed by atoms with E-state index in [9.17, 15) is 4.79 Å². The summed E-state index contributed by atoms with van der Waals surface area (Å²) in [6, 6.07) is 0.509. The van der Waals surface area contributed by atoms with Gasteiger partial charge in [-0.3, -0.25) is 4.79 Å². The molecule has 14 heavy (non-hydrogen) atoms. The van der Waals surface area contributed by atoms with Gasteiger partial charge in [0.2, 0.25) is 5.91 Å². The van der Waals surface area contributed by atoms with Crippen LogP contribution < -0.4 is 5.32 Å². The van der Waals surface area contributed by atoms with Crippen molar-refractivity contribution >= 4 is 5.91 Å². The van der Waals surface area contributed by atoms with Crippen molar-refractivity contribution in [3.05, 3.63) is 12.7 Å². The van der Waals surface area contributed by atoms with Gasteiger partial charge in [0, 0.05) is 19.0 Å². The second-order valence-corrected chi connectivity index (χ2v) is 3.77. The Kier molecular flexibility index (Phi) is 4.66. The maximum Gasteiger partial charge on any atom is 0.223 e. The molecule has 3 heteroatoms. The van der Waals surface area contributed by atoms with Crippen LogP contribution in [0.5, 0.6) is 0 Å². The highest BCUT2D eigenvalue weighted by molar-refractivity contribution is 5.77. The Morgan fingerprint density at radius 2 is 2.36 bits per heavy atom. The van der Waals surface area contributed by atoms with E-state index >= 15 is 0 Å². The summed E-state index contributed by atoms with van der Waals surface area (Å²) in [7, 11) is 1.91. The Labute approximate surface area is 86.2 Å². The molecule has 0 heterocycles. The summed E-state index contributed by atoms with van der Waals surface area (Å²) in [6.07, 6.45) is 5.74. The van der Waals surface area contributed by atoms with Gasteiger partial charge in [-0.05, 0) is 32.9 Å². The van der Waals surface area contributed by atoms with Crippen molar-refractivity contribution in [3.8, 4) is 0 Å². The van der Waals surface area contributed by atoms with Crippen molar-refractivity contribution in [2.45, 2.75) is 31.7 Å². The smallest absolute Gasteiger partial charge is 0.223 e. The van der Waals surface area contributed by atoms with Crippen molar-refractivity contribution in [1.29, 1.82) is 0 Å². The van der Waals surface area contributed by atoms with Crippen LogP contribution in [-0.2, 0) is 4.79 Å². The highest BCUT2D eigenvalue weighted by Crippen LogP contribution is 2.27. The fraction of sp³-hybridized carbons (Fsp3) is 0.727. The van der Waals surface area contributed by atoms with Crippen molar-refractivity contribution < 1.29 is 4.79 Å². The molecule has 1 amide bonds. The fourth-order valence-electron chi connectivity index (χ4n) is 1.54. The molecule has 1 aliphatic carbocycles. The number of carbonyl (C=O) groups is 1. The summed E-state index contributed by atoms with van der Waals surface area (Å²) in [4.78, 5) is 13.7. The van der Waals surface area contributed by atoms with Crippen LogP contribution in [0.3, 0.4) is 0 Å². The maximum atomic E-state index is 11.7. The molecule has 0 unspecified atom stereocenters. The number of hydrogen-bond donors (Lipinski definition) is 1. The lowest BCUT2D eigenvalue weighted by Gasteiger charge is -2.20. The molecule has 0 bridgehead atoms. The van der Waals surface area contributed by atoms with Crippen LogP contribution >= 0.6 is 0 Å². The molecule has 0 spiro atoms. The van der Waals surface area contributed by atoms with Crippen LogP contribution in [0.2, 0.25) is 0 Å². The Morgan fingerprint density at radius 1 is 1.64 bits per heavy atom. The summed E-state index contributed by atoms with van der Waals surface area (Å²) in [5.74, 6) is 0.280. The average Bonchev–Trinajstić information content (AvgIpc) is 2.98. The molecule has 0 aromatic heterocycles. The number of nitrogens with zero attached hydrogens (tertiary/aromatic N) is 1. The van der Waals surface area contributed by atoms with Crippen LogP contribution in [0.15, 0.2) is 12.7 Å². The SMILES string of the molecule is C=CCN(C(=O)CCCNC)C1CC1. The molecule has 0 radical (unpaired) electrons. The third-order valence-corrected chi connectivity index (χ3v) is 2.45. The van der Waals surface area contributed by atoms with Gasteiger partial charge < -0.3 is 10.2 Å². The first-order valence-corrected chi connectivity index (χ1v) is 5.34. The van der Waals surface area contributed by atoms with Crippen molar-refractivity contribution in [2.75, 3.05) is 20.1 Å². The Hall–Kier alpha value is -0.830. The number of nitrogens with one attached hydrogen (secondary N) is 1. The van der Waals surface area contributed by atoms with Gasteiger partial charge in [0.05, 0.1) is 0 Å². The van der Waals surface area contributed by atoms with E-state index in [1.54, 1.807) is 0 Å². The molecule has 1 fully saturated rings. The summed E-state index contributed by atoms with van der Waals surface area (Å²) in [5, 5.41) is 3.05. The Bertz CT molecular complexity index is 199. The monoisotopic (exact) mass is 196 g/mol. The van der Waals surface area contributed by atoms with Crippen LogP contribution in [0.4, 0.5) is 0 Å². The molecule has 0 aromatic rings. The van der Waals surface area contributed by atoms with Gasteiger partial charge in [-0.2, -0.15) is 0 Å². The Balaban J connectivity index is 2.26. The van der Waals surface area contributed by atoms with E-state index in [0.29, 0.717) is 19.0 Å². The van der Waals surface area contributed by atoms with Crippen LogP contribution in [-0.4, -0.2) is 37.0 Å². The topological polar surface area (TPSA) is 32.3 Å². The molecule has 0 aromatic carbocycles. The highest BCUT2D eigenvalue weighted by Gasteiger charge is 2.30. The van der Waals surface area contributed by atoms with Gasteiger partial charge >= 0.3 is 0 Å². The van der Waals surface area contributed by atoms with Gasteiger partial charge in [0.25, 0.3) is 0 Å². The van der Waals surface area contributed by atoms with Crippen molar-refractivity contribution in [3.63, 3.8) is 0 Å². The van der Waals surface area contributed by atoms with Crippen LogP contribution in [0, 0.1) is 0 Å². The van der Waals surface area contributed by atoms with Gasteiger partial charge in [-0.1, -0.05) is 6.08 Å². The van der Waals surface area contributed by atoms with Crippen molar-refractivity contribution in [1.82, 2.24) is 10.2 Å². The second-order valence-electron chi connectivity index (χ2n) is 3.77. The van der Waals surface area contributed by atoms with E-state index in [1.807, 2.05) is 18.0 Å². The van der Waals surface area contributed by atoms with Crippen molar-refractivity contribution in [2.24, 2.45) is 0 Å². The first kappa shape index (κ1) is 11.2. The summed E-state index contributed by atoms with van der Waals surface area (Å²) in [6.45, 7) is 5.31. The lowest BCUT2D eigenvalue weighted by molar-refractivity contribution is -0.131. The number of amides is 1. The van der Waals surface area contributed by atoms with E-state index in [-0.39, 0.29) is 5.91 Å². The van der Waals surface area contributed by atoms with Crippen LogP contribution in [0.1, 0.15) is 25.7 Å².